The number of para-hydroxylation sites is 2. The Morgan fingerprint density at radius 1 is 0.969 bits per heavy atom. The van der Waals surface area contributed by atoms with Crippen LogP contribution in [0.2, 0.25) is 0 Å². The lowest BCUT2D eigenvalue weighted by molar-refractivity contribution is -0.120. The van der Waals surface area contributed by atoms with Gasteiger partial charge in [0.2, 0.25) is 0 Å². The molecule has 2 aromatic carbocycles. The van der Waals surface area contributed by atoms with Crippen molar-refractivity contribution in [3.8, 4) is 5.75 Å². The number of imide groups is 1. The third-order valence-electron chi connectivity index (χ3n) is 5.70. The Balaban J connectivity index is 1.75. The van der Waals surface area contributed by atoms with Crippen molar-refractivity contribution in [2.24, 2.45) is 0 Å². The Morgan fingerprint density at radius 2 is 1.66 bits per heavy atom. The van der Waals surface area contributed by atoms with E-state index in [4.69, 9.17) is 4.74 Å². The van der Waals surface area contributed by atoms with Crippen LogP contribution in [0.25, 0.3) is 5.57 Å². The largest absolute Gasteiger partial charge is 0.492 e. The molecule has 0 bridgehead atoms. The van der Waals surface area contributed by atoms with Crippen molar-refractivity contribution in [3.63, 3.8) is 0 Å². The van der Waals surface area contributed by atoms with E-state index in [0.717, 1.165) is 4.90 Å². The highest BCUT2D eigenvalue weighted by atomic mass is 19.1. The number of amides is 2. The third kappa shape index (κ3) is 4.11. The lowest BCUT2D eigenvalue weighted by Gasteiger charge is -2.36. The average Bonchev–Trinajstić information content (AvgIpc) is 3.06. The molecule has 0 unspecified atom stereocenters. The SMILES string of the molecule is CCOc1ccccc1N1C(=O)C(c2ccc(F)cc2)=C(N2CCN(CCO)CC2)C1=O. The van der Waals surface area contributed by atoms with Crippen molar-refractivity contribution in [3.05, 3.63) is 65.6 Å². The van der Waals surface area contributed by atoms with E-state index in [1.165, 1.54) is 24.3 Å². The van der Waals surface area contributed by atoms with Gasteiger partial charge in [0, 0.05) is 32.7 Å². The summed E-state index contributed by atoms with van der Waals surface area (Å²) in [7, 11) is 0. The van der Waals surface area contributed by atoms with E-state index in [2.05, 4.69) is 4.90 Å². The number of nitrogens with zero attached hydrogens (tertiary/aromatic N) is 3. The van der Waals surface area contributed by atoms with E-state index in [0.29, 0.717) is 62.0 Å². The maximum atomic E-state index is 13.7. The molecule has 0 atom stereocenters. The zero-order valence-corrected chi connectivity index (χ0v) is 18.0. The molecular weight excluding hydrogens is 413 g/mol. The van der Waals surface area contributed by atoms with Crippen LogP contribution in [0.3, 0.4) is 0 Å². The van der Waals surface area contributed by atoms with Crippen molar-refractivity contribution in [2.75, 3.05) is 50.8 Å². The number of β-amino-alcohol motifs (C(OH)–C–C–N with tert-alkyl or cyclic N) is 1. The molecule has 0 aromatic heterocycles. The Morgan fingerprint density at radius 3 is 2.31 bits per heavy atom. The minimum absolute atomic E-state index is 0.0724. The molecule has 7 nitrogen and oxygen atoms in total. The van der Waals surface area contributed by atoms with Gasteiger partial charge in [-0.3, -0.25) is 14.5 Å². The summed E-state index contributed by atoms with van der Waals surface area (Å²) >= 11 is 0. The second kappa shape index (κ2) is 9.50. The van der Waals surface area contributed by atoms with E-state index < -0.39 is 17.6 Å². The molecule has 1 saturated heterocycles. The number of benzene rings is 2. The van der Waals surface area contributed by atoms with Gasteiger partial charge in [-0.1, -0.05) is 24.3 Å². The summed E-state index contributed by atoms with van der Waals surface area (Å²) in [5.74, 6) is -0.841. The van der Waals surface area contributed by atoms with Crippen LogP contribution in [0.5, 0.6) is 5.75 Å². The Hall–Kier alpha value is -3.23. The van der Waals surface area contributed by atoms with E-state index in [1.807, 2.05) is 11.8 Å². The van der Waals surface area contributed by atoms with Crippen LogP contribution in [0.4, 0.5) is 10.1 Å². The molecule has 32 heavy (non-hydrogen) atoms. The predicted octanol–water partition coefficient (Wildman–Crippen LogP) is 2.12. The van der Waals surface area contributed by atoms with Crippen LogP contribution in [-0.2, 0) is 9.59 Å². The quantitative estimate of drug-likeness (QED) is 0.667. The molecule has 168 valence electrons. The predicted molar refractivity (Wildman–Crippen MR) is 119 cm³/mol. The van der Waals surface area contributed by atoms with Gasteiger partial charge in [-0.25, -0.2) is 9.29 Å². The molecule has 0 saturated carbocycles. The lowest BCUT2D eigenvalue weighted by atomic mass is 10.0. The molecule has 1 fully saturated rings. The fourth-order valence-corrected chi connectivity index (χ4v) is 4.16. The van der Waals surface area contributed by atoms with Crippen LogP contribution >= 0.6 is 0 Å². The van der Waals surface area contributed by atoms with E-state index >= 15 is 0 Å². The molecule has 2 aliphatic rings. The normalized spacial score (nSPS) is 17.5. The summed E-state index contributed by atoms with van der Waals surface area (Å²) in [6.45, 7) is 5.28. The number of piperazine rings is 1. The summed E-state index contributed by atoms with van der Waals surface area (Å²) in [5, 5.41) is 9.20. The standard InChI is InChI=1S/C24H26FN3O4/c1-2-32-20-6-4-3-5-19(20)28-23(30)21(17-7-9-18(25)10-8-17)22(24(28)31)27-13-11-26(12-14-27)15-16-29/h3-10,29H,2,11-16H2,1H3. The fraction of sp³-hybridized carbons (Fsp3) is 0.333. The average molecular weight is 439 g/mol. The number of ether oxygens (including phenoxy) is 1. The Bertz CT molecular complexity index is 1030. The van der Waals surface area contributed by atoms with Gasteiger partial charge in [0.05, 0.1) is 24.5 Å². The van der Waals surface area contributed by atoms with Crippen molar-refractivity contribution in [1.29, 1.82) is 0 Å². The number of anilines is 1. The Labute approximate surface area is 186 Å². The fourth-order valence-electron chi connectivity index (χ4n) is 4.16. The topological polar surface area (TPSA) is 73.3 Å². The number of carbonyl (C=O) groups excluding carboxylic acids is 2. The zero-order chi connectivity index (χ0) is 22.7. The smallest absolute Gasteiger partial charge is 0.282 e. The van der Waals surface area contributed by atoms with Crippen molar-refractivity contribution >= 4 is 23.1 Å². The minimum Gasteiger partial charge on any atom is -0.492 e. The second-order valence-corrected chi connectivity index (χ2v) is 7.63. The van der Waals surface area contributed by atoms with Crippen LogP contribution < -0.4 is 9.64 Å². The maximum absolute atomic E-state index is 13.7. The van der Waals surface area contributed by atoms with Gasteiger partial charge >= 0.3 is 0 Å². The summed E-state index contributed by atoms with van der Waals surface area (Å²) < 4.78 is 19.2. The van der Waals surface area contributed by atoms with Gasteiger partial charge in [0.15, 0.2) is 0 Å². The van der Waals surface area contributed by atoms with Crippen molar-refractivity contribution in [1.82, 2.24) is 9.80 Å². The van der Waals surface area contributed by atoms with Crippen LogP contribution in [0, 0.1) is 5.82 Å². The summed E-state index contributed by atoms with van der Waals surface area (Å²) in [6, 6.07) is 12.6. The first-order valence-electron chi connectivity index (χ1n) is 10.7. The number of hydrogen-bond acceptors (Lipinski definition) is 6. The summed E-state index contributed by atoms with van der Waals surface area (Å²) in [6.07, 6.45) is 0. The maximum Gasteiger partial charge on any atom is 0.282 e. The van der Waals surface area contributed by atoms with E-state index in [1.54, 1.807) is 24.3 Å². The van der Waals surface area contributed by atoms with Gasteiger partial charge in [0.1, 0.15) is 17.3 Å². The number of hydrogen-bond donors (Lipinski definition) is 1. The van der Waals surface area contributed by atoms with Crippen molar-refractivity contribution < 1.29 is 23.8 Å². The van der Waals surface area contributed by atoms with Crippen LogP contribution in [-0.4, -0.2) is 72.7 Å². The molecule has 2 aliphatic heterocycles. The number of carbonyl (C=O) groups is 2. The van der Waals surface area contributed by atoms with Gasteiger partial charge < -0.3 is 14.7 Å². The highest BCUT2D eigenvalue weighted by Crippen LogP contribution is 2.38. The number of aliphatic hydroxyl groups is 1. The molecule has 0 spiro atoms. The molecule has 4 rings (SSSR count). The molecule has 2 aromatic rings. The van der Waals surface area contributed by atoms with Crippen LogP contribution in [0.1, 0.15) is 12.5 Å². The second-order valence-electron chi connectivity index (χ2n) is 7.63. The first kappa shape index (κ1) is 22.0. The van der Waals surface area contributed by atoms with Gasteiger partial charge in [0.25, 0.3) is 11.8 Å². The molecule has 2 amide bonds. The van der Waals surface area contributed by atoms with Gasteiger partial charge in [-0.05, 0) is 36.8 Å². The van der Waals surface area contributed by atoms with E-state index in [-0.39, 0.29) is 12.2 Å². The Kier molecular flexibility index (Phi) is 6.53. The molecule has 1 N–H and O–H groups in total. The first-order chi connectivity index (χ1) is 15.5. The highest BCUT2D eigenvalue weighted by Gasteiger charge is 2.44. The molecule has 2 heterocycles. The first-order valence-corrected chi connectivity index (χ1v) is 10.7. The molecule has 0 aliphatic carbocycles. The number of halogens is 1. The van der Waals surface area contributed by atoms with Gasteiger partial charge in [-0.15, -0.1) is 0 Å². The molecular formula is C24H26FN3O4. The number of rotatable bonds is 7. The van der Waals surface area contributed by atoms with E-state index in [9.17, 15) is 19.1 Å². The van der Waals surface area contributed by atoms with Crippen LogP contribution in [0.15, 0.2) is 54.2 Å². The summed E-state index contributed by atoms with van der Waals surface area (Å²) in [5.41, 5.74) is 1.46. The molecule has 8 heteroatoms. The van der Waals surface area contributed by atoms with Crippen molar-refractivity contribution in [2.45, 2.75) is 6.92 Å². The monoisotopic (exact) mass is 439 g/mol. The minimum atomic E-state index is -0.457. The van der Waals surface area contributed by atoms with Gasteiger partial charge in [-0.2, -0.15) is 0 Å². The lowest BCUT2D eigenvalue weighted by Crippen LogP contribution is -2.48. The molecule has 0 radical (unpaired) electrons. The summed E-state index contributed by atoms with van der Waals surface area (Å²) in [4.78, 5) is 32.4. The highest BCUT2D eigenvalue weighted by molar-refractivity contribution is 6.45. The number of aliphatic hydroxyl groups excluding tert-OH is 1. The zero-order valence-electron chi connectivity index (χ0n) is 18.0. The third-order valence-corrected chi connectivity index (χ3v) is 5.70.